The van der Waals surface area contributed by atoms with Crippen LogP contribution in [0.15, 0.2) is 53.3 Å². The molecule has 1 aromatic heterocycles. The lowest BCUT2D eigenvalue weighted by Gasteiger charge is -2.23. The molecule has 0 bridgehead atoms. The maximum atomic E-state index is 13.5. The number of halogens is 1. The number of carbonyl (C=O) groups excluding carboxylic acids is 1. The Kier molecular flexibility index (Phi) is 4.48. The SMILES string of the molecule is Cc1nn(CC(=O)N(Cc2cccc(F)c2)C2CC2)c(=O)c2ccccc12. The van der Waals surface area contributed by atoms with Gasteiger partial charge in [-0.1, -0.05) is 30.3 Å². The highest BCUT2D eigenvalue weighted by Crippen LogP contribution is 2.28. The number of aromatic nitrogens is 2. The monoisotopic (exact) mass is 365 g/mol. The Bertz CT molecular complexity index is 1070. The molecule has 0 radical (unpaired) electrons. The molecule has 0 aliphatic heterocycles. The number of nitrogens with zero attached hydrogens (tertiary/aromatic N) is 3. The van der Waals surface area contributed by atoms with Crippen LogP contribution in [-0.2, 0) is 17.9 Å². The molecule has 3 aromatic rings. The van der Waals surface area contributed by atoms with Crippen molar-refractivity contribution in [1.82, 2.24) is 14.7 Å². The third-order valence-electron chi connectivity index (χ3n) is 4.89. The average Bonchev–Trinajstić information content (AvgIpc) is 3.49. The first-order valence-electron chi connectivity index (χ1n) is 9.03. The van der Waals surface area contributed by atoms with E-state index in [1.54, 1.807) is 29.2 Å². The molecule has 1 aliphatic carbocycles. The molecule has 1 heterocycles. The lowest BCUT2D eigenvalue weighted by molar-refractivity contribution is -0.133. The minimum absolute atomic E-state index is 0.115. The summed E-state index contributed by atoms with van der Waals surface area (Å²) in [5.74, 6) is -0.496. The predicted octanol–water partition coefficient (Wildman–Crippen LogP) is 3.04. The largest absolute Gasteiger partial charge is 0.334 e. The van der Waals surface area contributed by atoms with Crippen LogP contribution in [0.1, 0.15) is 24.1 Å². The molecule has 1 fully saturated rings. The molecule has 1 saturated carbocycles. The molecule has 0 N–H and O–H groups in total. The van der Waals surface area contributed by atoms with Gasteiger partial charge in [0.25, 0.3) is 5.56 Å². The van der Waals surface area contributed by atoms with Crippen molar-refractivity contribution in [2.24, 2.45) is 0 Å². The van der Waals surface area contributed by atoms with Gasteiger partial charge in [0.2, 0.25) is 5.91 Å². The molecule has 2 aromatic carbocycles. The van der Waals surface area contributed by atoms with E-state index in [9.17, 15) is 14.0 Å². The van der Waals surface area contributed by atoms with E-state index in [0.717, 1.165) is 23.8 Å². The van der Waals surface area contributed by atoms with Gasteiger partial charge in [0.15, 0.2) is 0 Å². The number of benzene rings is 2. The molecule has 0 atom stereocenters. The zero-order chi connectivity index (χ0) is 19.0. The summed E-state index contributed by atoms with van der Waals surface area (Å²) < 4.78 is 14.7. The maximum Gasteiger partial charge on any atom is 0.275 e. The average molecular weight is 365 g/mol. The zero-order valence-corrected chi connectivity index (χ0v) is 15.1. The van der Waals surface area contributed by atoms with Crippen LogP contribution in [0.3, 0.4) is 0 Å². The zero-order valence-electron chi connectivity index (χ0n) is 15.1. The molecular formula is C21H20FN3O2. The van der Waals surface area contributed by atoms with Crippen molar-refractivity contribution in [2.45, 2.75) is 38.9 Å². The number of fused-ring (bicyclic) bond motifs is 1. The summed E-state index contributed by atoms with van der Waals surface area (Å²) >= 11 is 0. The number of hydrogen-bond acceptors (Lipinski definition) is 3. The highest BCUT2D eigenvalue weighted by atomic mass is 19.1. The molecule has 1 amide bonds. The molecule has 0 saturated heterocycles. The first kappa shape index (κ1) is 17.4. The van der Waals surface area contributed by atoms with Gasteiger partial charge in [-0.2, -0.15) is 5.10 Å². The number of hydrogen-bond donors (Lipinski definition) is 0. The second kappa shape index (κ2) is 6.95. The van der Waals surface area contributed by atoms with Crippen LogP contribution in [0.25, 0.3) is 10.8 Å². The fourth-order valence-electron chi connectivity index (χ4n) is 3.37. The highest BCUT2D eigenvalue weighted by Gasteiger charge is 2.33. The number of amides is 1. The number of rotatable bonds is 5. The molecular weight excluding hydrogens is 345 g/mol. The Morgan fingerprint density at radius 1 is 1.19 bits per heavy atom. The Morgan fingerprint density at radius 2 is 1.93 bits per heavy atom. The van der Waals surface area contributed by atoms with Crippen LogP contribution >= 0.6 is 0 Å². The number of carbonyl (C=O) groups is 1. The van der Waals surface area contributed by atoms with E-state index < -0.39 is 0 Å². The van der Waals surface area contributed by atoms with Crippen molar-refractivity contribution in [2.75, 3.05) is 0 Å². The standard InChI is InChI=1S/C21H20FN3O2/c1-14-18-7-2-3-8-19(18)21(27)25(23-14)13-20(26)24(17-9-10-17)12-15-5-4-6-16(22)11-15/h2-8,11,17H,9-10,12-13H2,1H3. The van der Waals surface area contributed by atoms with Crippen LogP contribution in [0.4, 0.5) is 4.39 Å². The molecule has 1 aliphatic rings. The molecule has 0 unspecified atom stereocenters. The van der Waals surface area contributed by atoms with Crippen molar-refractivity contribution in [3.05, 3.63) is 76.0 Å². The van der Waals surface area contributed by atoms with Crippen LogP contribution in [-0.4, -0.2) is 26.6 Å². The van der Waals surface area contributed by atoms with Crippen molar-refractivity contribution in [3.8, 4) is 0 Å². The van der Waals surface area contributed by atoms with Gasteiger partial charge in [-0.3, -0.25) is 9.59 Å². The molecule has 5 nitrogen and oxygen atoms in total. The van der Waals surface area contributed by atoms with Crippen LogP contribution < -0.4 is 5.56 Å². The summed E-state index contributed by atoms with van der Waals surface area (Å²) in [5.41, 5.74) is 1.18. The third-order valence-corrected chi connectivity index (χ3v) is 4.89. The van der Waals surface area contributed by atoms with E-state index in [-0.39, 0.29) is 29.9 Å². The molecule has 138 valence electrons. The van der Waals surface area contributed by atoms with Crippen molar-refractivity contribution in [3.63, 3.8) is 0 Å². The summed E-state index contributed by atoms with van der Waals surface area (Å²) in [7, 11) is 0. The Labute approximate surface area is 156 Å². The second-order valence-electron chi connectivity index (χ2n) is 6.98. The van der Waals surface area contributed by atoms with Gasteiger partial charge < -0.3 is 4.90 Å². The van der Waals surface area contributed by atoms with Gasteiger partial charge in [-0.15, -0.1) is 0 Å². The minimum atomic E-state index is -0.321. The smallest absolute Gasteiger partial charge is 0.275 e. The molecule has 6 heteroatoms. The Balaban J connectivity index is 1.61. The quantitative estimate of drug-likeness (QED) is 0.698. The van der Waals surface area contributed by atoms with Crippen molar-refractivity contribution >= 4 is 16.7 Å². The number of aryl methyl sites for hydroxylation is 1. The fourth-order valence-corrected chi connectivity index (χ4v) is 3.37. The second-order valence-corrected chi connectivity index (χ2v) is 6.98. The summed E-state index contributed by atoms with van der Waals surface area (Å²) in [5, 5.41) is 5.67. The van der Waals surface area contributed by atoms with Gasteiger partial charge in [0.1, 0.15) is 12.4 Å². The Morgan fingerprint density at radius 3 is 2.63 bits per heavy atom. The summed E-state index contributed by atoms with van der Waals surface area (Å²) in [4.78, 5) is 27.4. The van der Waals surface area contributed by atoms with Gasteiger partial charge in [0.05, 0.1) is 11.1 Å². The van der Waals surface area contributed by atoms with E-state index in [4.69, 9.17) is 0 Å². The first-order valence-corrected chi connectivity index (χ1v) is 9.03. The lowest BCUT2D eigenvalue weighted by Crippen LogP contribution is -2.38. The summed E-state index contributed by atoms with van der Waals surface area (Å²) in [6, 6.07) is 13.7. The van der Waals surface area contributed by atoms with Gasteiger partial charge >= 0.3 is 0 Å². The topological polar surface area (TPSA) is 55.2 Å². The highest BCUT2D eigenvalue weighted by molar-refractivity contribution is 5.83. The van der Waals surface area contributed by atoms with E-state index in [1.807, 2.05) is 19.1 Å². The lowest BCUT2D eigenvalue weighted by atomic mass is 10.1. The van der Waals surface area contributed by atoms with Gasteiger partial charge in [0, 0.05) is 18.0 Å². The van der Waals surface area contributed by atoms with Gasteiger partial charge in [-0.25, -0.2) is 9.07 Å². The van der Waals surface area contributed by atoms with Crippen molar-refractivity contribution in [1.29, 1.82) is 0 Å². The maximum absolute atomic E-state index is 13.5. The predicted molar refractivity (Wildman–Crippen MR) is 101 cm³/mol. The van der Waals surface area contributed by atoms with E-state index in [1.165, 1.54) is 16.8 Å². The molecule has 0 spiro atoms. The third kappa shape index (κ3) is 3.60. The fraction of sp³-hybridized carbons (Fsp3) is 0.286. The minimum Gasteiger partial charge on any atom is -0.334 e. The molecule has 27 heavy (non-hydrogen) atoms. The summed E-state index contributed by atoms with van der Waals surface area (Å²) in [6.45, 7) is 2.05. The Hall–Kier alpha value is -3.02. The van der Waals surface area contributed by atoms with E-state index in [2.05, 4.69) is 5.10 Å². The van der Waals surface area contributed by atoms with Crippen LogP contribution in [0.5, 0.6) is 0 Å². The van der Waals surface area contributed by atoms with Crippen LogP contribution in [0, 0.1) is 12.7 Å². The van der Waals surface area contributed by atoms with Crippen LogP contribution in [0.2, 0.25) is 0 Å². The first-order chi connectivity index (χ1) is 13.0. The van der Waals surface area contributed by atoms with Crippen molar-refractivity contribution < 1.29 is 9.18 Å². The summed E-state index contributed by atoms with van der Waals surface area (Å²) in [6.07, 6.45) is 1.86. The normalized spacial score (nSPS) is 13.7. The molecule has 4 rings (SSSR count). The van der Waals surface area contributed by atoms with Gasteiger partial charge in [-0.05, 0) is 43.5 Å². The van der Waals surface area contributed by atoms with E-state index >= 15 is 0 Å². The van der Waals surface area contributed by atoms with E-state index in [0.29, 0.717) is 17.6 Å².